The van der Waals surface area contributed by atoms with Crippen molar-refractivity contribution in [2.24, 2.45) is 0 Å². The van der Waals surface area contributed by atoms with Gasteiger partial charge in [-0.1, -0.05) is 45.2 Å². The lowest BCUT2D eigenvalue weighted by atomic mass is 10.1. The Kier molecular flexibility index (Phi) is 4.25. The number of aromatic nitrogens is 1. The van der Waals surface area contributed by atoms with E-state index < -0.39 is 0 Å². The van der Waals surface area contributed by atoms with Gasteiger partial charge < -0.3 is 0 Å². The van der Waals surface area contributed by atoms with Gasteiger partial charge in [0.25, 0.3) is 0 Å². The van der Waals surface area contributed by atoms with Crippen LogP contribution in [0.25, 0.3) is 0 Å². The largest absolute Gasteiger partial charge is 0.253 e. The molecule has 0 bridgehead atoms. The highest BCUT2D eigenvalue weighted by Crippen LogP contribution is 2.31. The average molecular weight is 337 g/mol. The van der Waals surface area contributed by atoms with Crippen LogP contribution in [-0.2, 0) is 6.42 Å². The van der Waals surface area contributed by atoms with Crippen molar-refractivity contribution in [1.82, 2.24) is 4.98 Å². The zero-order chi connectivity index (χ0) is 11.5. The molecule has 1 nitrogen and oxygen atoms in total. The van der Waals surface area contributed by atoms with Crippen LogP contribution in [0.5, 0.6) is 0 Å². The molecule has 1 atom stereocenters. The molecule has 1 heterocycles. The van der Waals surface area contributed by atoms with Crippen molar-refractivity contribution in [3.05, 3.63) is 50.4 Å². The molecule has 0 N–H and O–H groups in total. The van der Waals surface area contributed by atoms with Crippen molar-refractivity contribution in [2.75, 3.05) is 0 Å². The zero-order valence-electron chi connectivity index (χ0n) is 8.16. The van der Waals surface area contributed by atoms with Gasteiger partial charge in [-0.3, -0.25) is 4.98 Å². The van der Waals surface area contributed by atoms with Gasteiger partial charge in [-0.15, -0.1) is 11.3 Å². The monoisotopic (exact) mass is 335 g/mol. The lowest BCUT2D eigenvalue weighted by Gasteiger charge is -2.07. The van der Waals surface area contributed by atoms with E-state index in [1.54, 1.807) is 11.3 Å². The fourth-order valence-electron chi connectivity index (χ4n) is 1.35. The molecule has 1 aromatic heterocycles. The summed E-state index contributed by atoms with van der Waals surface area (Å²) in [6.45, 7) is 0. The summed E-state index contributed by atoms with van der Waals surface area (Å²) in [5.74, 6) is 0. The van der Waals surface area contributed by atoms with Crippen LogP contribution in [-0.4, -0.2) is 4.98 Å². The molecule has 0 saturated carbocycles. The third-order valence-electron chi connectivity index (χ3n) is 2.16. The number of halogens is 3. The first kappa shape index (κ1) is 12.4. The van der Waals surface area contributed by atoms with Gasteiger partial charge in [0.2, 0.25) is 0 Å². The van der Waals surface area contributed by atoms with E-state index in [9.17, 15) is 0 Å². The quantitative estimate of drug-likeness (QED) is 0.708. The maximum atomic E-state index is 5.97. The Morgan fingerprint density at radius 2 is 2.12 bits per heavy atom. The number of hydrogen-bond donors (Lipinski definition) is 0. The summed E-state index contributed by atoms with van der Waals surface area (Å²) < 4.78 is 0. The molecule has 0 radical (unpaired) electrons. The van der Waals surface area contributed by atoms with Crippen molar-refractivity contribution in [1.29, 1.82) is 0 Å². The molecule has 1 unspecified atom stereocenters. The number of alkyl halides is 1. The van der Waals surface area contributed by atoms with Crippen LogP contribution >= 0.6 is 50.5 Å². The number of benzene rings is 1. The van der Waals surface area contributed by atoms with E-state index >= 15 is 0 Å². The van der Waals surface area contributed by atoms with Crippen molar-refractivity contribution in [3.8, 4) is 0 Å². The predicted octanol–water partition coefficient (Wildman–Crippen LogP) is 5.13. The number of hydrogen-bond acceptors (Lipinski definition) is 2. The molecule has 16 heavy (non-hydrogen) atoms. The Labute approximate surface area is 117 Å². The molecule has 0 aliphatic carbocycles. The van der Waals surface area contributed by atoms with Gasteiger partial charge in [-0.25, -0.2) is 0 Å². The van der Waals surface area contributed by atoms with Crippen LogP contribution in [0.15, 0.2) is 29.9 Å². The van der Waals surface area contributed by atoms with Gasteiger partial charge >= 0.3 is 0 Å². The van der Waals surface area contributed by atoms with Crippen LogP contribution in [0.3, 0.4) is 0 Å². The second-order valence-electron chi connectivity index (χ2n) is 3.32. The Bertz CT molecular complexity index is 473. The second-order valence-corrected chi connectivity index (χ2v) is 6.16. The fraction of sp³-hybridized carbons (Fsp3) is 0.182. The molecule has 0 saturated heterocycles. The Hall–Kier alpha value is -0.0900. The predicted molar refractivity (Wildman–Crippen MR) is 73.9 cm³/mol. The Morgan fingerprint density at radius 1 is 1.31 bits per heavy atom. The third kappa shape index (κ3) is 2.98. The SMILES string of the molecule is Clc1ccc(CC(Br)c2cncs2)cc1Cl. The van der Waals surface area contributed by atoms with E-state index in [-0.39, 0.29) is 4.83 Å². The van der Waals surface area contributed by atoms with Crippen molar-refractivity contribution < 1.29 is 0 Å². The molecule has 84 valence electrons. The van der Waals surface area contributed by atoms with Crippen LogP contribution < -0.4 is 0 Å². The van der Waals surface area contributed by atoms with E-state index in [4.69, 9.17) is 23.2 Å². The first-order chi connectivity index (χ1) is 7.66. The molecular weight excluding hydrogens is 329 g/mol. The van der Waals surface area contributed by atoms with Crippen molar-refractivity contribution in [3.63, 3.8) is 0 Å². The number of nitrogens with zero attached hydrogens (tertiary/aromatic N) is 1. The molecule has 2 aromatic rings. The van der Waals surface area contributed by atoms with E-state index in [2.05, 4.69) is 20.9 Å². The van der Waals surface area contributed by atoms with Gasteiger partial charge in [0, 0.05) is 11.1 Å². The molecule has 0 aliphatic rings. The van der Waals surface area contributed by atoms with Crippen molar-refractivity contribution in [2.45, 2.75) is 11.2 Å². The highest BCUT2D eigenvalue weighted by Gasteiger charge is 2.10. The van der Waals surface area contributed by atoms with E-state index in [0.29, 0.717) is 10.0 Å². The Morgan fingerprint density at radius 3 is 2.75 bits per heavy atom. The minimum absolute atomic E-state index is 0.275. The van der Waals surface area contributed by atoms with Gasteiger partial charge in [0.05, 0.1) is 20.4 Å². The summed E-state index contributed by atoms with van der Waals surface area (Å²) in [4.78, 5) is 5.55. The molecule has 2 rings (SSSR count). The molecule has 0 aliphatic heterocycles. The van der Waals surface area contributed by atoms with Crippen LogP contribution in [0.1, 0.15) is 15.3 Å². The maximum absolute atomic E-state index is 5.97. The van der Waals surface area contributed by atoms with Gasteiger partial charge in [-0.2, -0.15) is 0 Å². The summed E-state index contributed by atoms with van der Waals surface area (Å²) in [5.41, 5.74) is 2.99. The summed E-state index contributed by atoms with van der Waals surface area (Å²) in [7, 11) is 0. The first-order valence-electron chi connectivity index (χ1n) is 4.63. The topological polar surface area (TPSA) is 12.9 Å². The van der Waals surface area contributed by atoms with Crippen molar-refractivity contribution >= 4 is 50.5 Å². The van der Waals surface area contributed by atoms with Crippen LogP contribution in [0.4, 0.5) is 0 Å². The van der Waals surface area contributed by atoms with Crippen LogP contribution in [0.2, 0.25) is 10.0 Å². The minimum atomic E-state index is 0.275. The molecular formula is C11H8BrCl2NS. The second kappa shape index (κ2) is 5.50. The molecule has 5 heteroatoms. The third-order valence-corrected chi connectivity index (χ3v) is 4.91. The van der Waals surface area contributed by atoms with E-state index in [1.807, 2.05) is 29.9 Å². The fourth-order valence-corrected chi connectivity index (χ4v) is 3.09. The maximum Gasteiger partial charge on any atom is 0.0794 e. The standard InChI is InChI=1S/C11H8BrCl2NS/c12-8(11-5-15-6-16-11)3-7-1-2-9(13)10(14)4-7/h1-2,4-6,8H,3H2. The molecule has 1 aromatic carbocycles. The molecule has 0 amide bonds. The Balaban J connectivity index is 2.12. The highest BCUT2D eigenvalue weighted by atomic mass is 79.9. The minimum Gasteiger partial charge on any atom is -0.253 e. The van der Waals surface area contributed by atoms with E-state index in [1.165, 1.54) is 4.88 Å². The lowest BCUT2D eigenvalue weighted by molar-refractivity contribution is 0.965. The molecule has 0 fully saturated rings. The smallest absolute Gasteiger partial charge is 0.0794 e. The lowest BCUT2D eigenvalue weighted by Crippen LogP contribution is -1.93. The van der Waals surface area contributed by atoms with Gasteiger partial charge in [-0.05, 0) is 24.1 Å². The van der Waals surface area contributed by atoms with E-state index in [0.717, 1.165) is 12.0 Å². The summed E-state index contributed by atoms with van der Waals surface area (Å²) in [6.07, 6.45) is 2.75. The van der Waals surface area contributed by atoms with Gasteiger partial charge in [0.1, 0.15) is 0 Å². The average Bonchev–Trinajstić information content (AvgIpc) is 2.77. The number of thiazole rings is 1. The number of rotatable bonds is 3. The van der Waals surface area contributed by atoms with Gasteiger partial charge in [0.15, 0.2) is 0 Å². The van der Waals surface area contributed by atoms with Crippen LogP contribution in [0, 0.1) is 0 Å². The summed E-state index contributed by atoms with van der Waals surface area (Å²) in [5, 5.41) is 1.19. The normalized spacial score (nSPS) is 12.7. The first-order valence-corrected chi connectivity index (χ1v) is 7.18. The summed E-state index contributed by atoms with van der Waals surface area (Å²) >= 11 is 17.1. The zero-order valence-corrected chi connectivity index (χ0v) is 12.1. The highest BCUT2D eigenvalue weighted by molar-refractivity contribution is 9.09. The molecule has 0 spiro atoms. The summed E-state index contributed by atoms with van der Waals surface area (Å²) in [6, 6.07) is 5.72.